The fourth-order valence-electron chi connectivity index (χ4n) is 4.10. The number of carbonyl (C=O) groups excluding carboxylic acids is 2. The second-order valence-electron chi connectivity index (χ2n) is 9.90. The summed E-state index contributed by atoms with van der Waals surface area (Å²) in [6.45, 7) is 8.35. The molecule has 2 aliphatic rings. The summed E-state index contributed by atoms with van der Waals surface area (Å²) in [7, 11) is 2.06. The number of imidazole rings is 1. The first kappa shape index (κ1) is 21.6. The minimum atomic E-state index is -0.623. The third-order valence-electron chi connectivity index (χ3n) is 5.99. The van der Waals surface area contributed by atoms with Gasteiger partial charge in [0.1, 0.15) is 11.9 Å². The number of nitrogens with one attached hydrogen (secondary N) is 2. The van der Waals surface area contributed by atoms with E-state index in [1.807, 2.05) is 51.1 Å². The molecule has 0 spiro atoms. The zero-order valence-corrected chi connectivity index (χ0v) is 18.9. The number of rotatable bonds is 5. The van der Waals surface area contributed by atoms with Crippen molar-refractivity contribution in [2.75, 3.05) is 13.6 Å². The molecule has 2 heterocycles. The number of nitrogens with zero attached hydrogens (tertiary/aromatic N) is 3. The Morgan fingerprint density at radius 3 is 2.48 bits per heavy atom. The molecule has 1 saturated carbocycles. The molecule has 1 unspecified atom stereocenters. The van der Waals surface area contributed by atoms with Crippen LogP contribution in [0.1, 0.15) is 56.2 Å². The molecule has 1 fully saturated rings. The average Bonchev–Trinajstić information content (AvgIpc) is 3.49. The Balaban J connectivity index is 1.68. The summed E-state index contributed by atoms with van der Waals surface area (Å²) in [5.74, 6) is 0.409. The van der Waals surface area contributed by atoms with Gasteiger partial charge in [0.25, 0.3) is 5.91 Å². The Hall–Kier alpha value is -2.67. The molecular formula is C24H33N5O2. The van der Waals surface area contributed by atoms with Crippen molar-refractivity contribution < 1.29 is 9.59 Å². The smallest absolute Gasteiger partial charge is 0.272 e. The van der Waals surface area contributed by atoms with Gasteiger partial charge in [-0.3, -0.25) is 9.59 Å². The van der Waals surface area contributed by atoms with Crippen LogP contribution in [0.5, 0.6) is 0 Å². The van der Waals surface area contributed by atoms with Crippen LogP contribution in [-0.4, -0.2) is 51.9 Å². The lowest BCUT2D eigenvalue weighted by molar-refractivity contribution is -0.125. The fourth-order valence-corrected chi connectivity index (χ4v) is 4.10. The fraction of sp³-hybridized carbons (Fsp3) is 0.542. The highest BCUT2D eigenvalue weighted by Crippen LogP contribution is 2.27. The molecule has 4 rings (SSSR count). The Morgan fingerprint density at radius 2 is 1.84 bits per heavy atom. The van der Waals surface area contributed by atoms with E-state index >= 15 is 0 Å². The topological polar surface area (TPSA) is 79.3 Å². The van der Waals surface area contributed by atoms with Crippen molar-refractivity contribution in [2.45, 2.75) is 65.2 Å². The van der Waals surface area contributed by atoms with Crippen LogP contribution in [-0.2, 0) is 17.9 Å². The van der Waals surface area contributed by atoms with Crippen molar-refractivity contribution in [3.63, 3.8) is 0 Å². The minimum Gasteiger partial charge on any atom is -0.352 e. The van der Waals surface area contributed by atoms with Crippen LogP contribution in [0.15, 0.2) is 30.3 Å². The molecule has 1 aromatic carbocycles. The third-order valence-corrected chi connectivity index (χ3v) is 5.99. The van der Waals surface area contributed by atoms with Crippen molar-refractivity contribution in [3.05, 3.63) is 41.7 Å². The van der Waals surface area contributed by atoms with Crippen molar-refractivity contribution in [3.8, 4) is 11.4 Å². The van der Waals surface area contributed by atoms with Crippen molar-refractivity contribution in [2.24, 2.45) is 5.41 Å². The molecule has 0 saturated heterocycles. The monoisotopic (exact) mass is 423 g/mol. The van der Waals surface area contributed by atoms with Gasteiger partial charge in [0.15, 0.2) is 5.69 Å². The third kappa shape index (κ3) is 4.82. The van der Waals surface area contributed by atoms with E-state index in [1.165, 1.54) is 0 Å². The van der Waals surface area contributed by atoms with Gasteiger partial charge < -0.3 is 20.1 Å². The summed E-state index contributed by atoms with van der Waals surface area (Å²) in [6, 6.07) is 9.61. The molecule has 1 aromatic heterocycles. The lowest BCUT2D eigenvalue weighted by Gasteiger charge is -2.30. The highest BCUT2D eigenvalue weighted by molar-refractivity contribution is 5.98. The molecule has 31 heavy (non-hydrogen) atoms. The van der Waals surface area contributed by atoms with E-state index < -0.39 is 11.5 Å². The Labute approximate surface area is 184 Å². The average molecular weight is 424 g/mol. The normalized spacial score (nSPS) is 18.1. The second-order valence-corrected chi connectivity index (χ2v) is 9.90. The number of benzene rings is 1. The number of fused-ring (bicyclic) bond motifs is 1. The highest BCUT2D eigenvalue weighted by atomic mass is 16.2. The molecule has 7 heteroatoms. The highest BCUT2D eigenvalue weighted by Gasteiger charge is 2.37. The summed E-state index contributed by atoms with van der Waals surface area (Å²) in [4.78, 5) is 33.3. The van der Waals surface area contributed by atoms with E-state index in [1.54, 1.807) is 0 Å². The van der Waals surface area contributed by atoms with E-state index in [2.05, 4.69) is 27.1 Å². The molecule has 0 bridgehead atoms. The van der Waals surface area contributed by atoms with Gasteiger partial charge in [-0.2, -0.15) is 0 Å². The quantitative estimate of drug-likeness (QED) is 0.775. The van der Waals surface area contributed by atoms with E-state index in [4.69, 9.17) is 4.98 Å². The van der Waals surface area contributed by atoms with Gasteiger partial charge >= 0.3 is 0 Å². The summed E-state index contributed by atoms with van der Waals surface area (Å²) < 4.78 is 2.17. The SMILES string of the molecule is CN1CCCn2c(-c3ccccc3)nc(C(=O)NC(C(=O)NC3CC3)C(C)(C)C)c2C1. The molecule has 0 radical (unpaired) electrons. The van der Waals surface area contributed by atoms with Crippen LogP contribution < -0.4 is 10.6 Å². The van der Waals surface area contributed by atoms with Crippen LogP contribution in [0.2, 0.25) is 0 Å². The van der Waals surface area contributed by atoms with E-state index in [9.17, 15) is 9.59 Å². The number of hydrogen-bond acceptors (Lipinski definition) is 4. The molecule has 1 aliphatic carbocycles. The lowest BCUT2D eigenvalue weighted by atomic mass is 9.86. The zero-order valence-electron chi connectivity index (χ0n) is 18.9. The van der Waals surface area contributed by atoms with Crippen LogP contribution >= 0.6 is 0 Å². The van der Waals surface area contributed by atoms with Crippen molar-refractivity contribution in [1.82, 2.24) is 25.1 Å². The number of aromatic nitrogens is 2. The summed E-state index contributed by atoms with van der Waals surface area (Å²) in [5.41, 5.74) is 1.91. The predicted octanol–water partition coefficient (Wildman–Crippen LogP) is 2.81. The second kappa shape index (κ2) is 8.46. The van der Waals surface area contributed by atoms with Gasteiger partial charge in [0.05, 0.1) is 5.69 Å². The largest absolute Gasteiger partial charge is 0.352 e. The molecule has 2 N–H and O–H groups in total. The van der Waals surface area contributed by atoms with Gasteiger partial charge in [-0.1, -0.05) is 51.1 Å². The molecule has 1 aliphatic heterocycles. The first-order valence-electron chi connectivity index (χ1n) is 11.2. The standard InChI is InChI=1S/C24H33N5O2/c1-24(2,3)20(23(31)25-17-11-12-17)27-22(30)19-18-15-28(4)13-8-14-29(18)21(26-19)16-9-6-5-7-10-16/h5-7,9-10,17,20H,8,11-15H2,1-4H3,(H,25,31)(H,27,30). The zero-order chi connectivity index (χ0) is 22.2. The maximum atomic E-state index is 13.5. The predicted molar refractivity (Wildman–Crippen MR) is 120 cm³/mol. The summed E-state index contributed by atoms with van der Waals surface area (Å²) in [6.07, 6.45) is 3.02. The number of hydrogen-bond donors (Lipinski definition) is 2. The first-order valence-corrected chi connectivity index (χ1v) is 11.2. The number of amides is 2. The Bertz CT molecular complexity index is 956. The minimum absolute atomic E-state index is 0.117. The van der Waals surface area contributed by atoms with Gasteiger partial charge in [-0.15, -0.1) is 0 Å². The molecule has 2 amide bonds. The summed E-state index contributed by atoms with van der Waals surface area (Å²) >= 11 is 0. The Morgan fingerprint density at radius 1 is 1.13 bits per heavy atom. The molecule has 7 nitrogen and oxygen atoms in total. The van der Waals surface area contributed by atoms with Crippen LogP contribution in [0.25, 0.3) is 11.4 Å². The molecule has 1 atom stereocenters. The van der Waals surface area contributed by atoms with Crippen LogP contribution in [0.3, 0.4) is 0 Å². The first-order chi connectivity index (χ1) is 14.7. The maximum absolute atomic E-state index is 13.5. The summed E-state index contributed by atoms with van der Waals surface area (Å²) in [5, 5.41) is 6.05. The lowest BCUT2D eigenvalue weighted by Crippen LogP contribution is -2.54. The van der Waals surface area contributed by atoms with E-state index in [-0.39, 0.29) is 17.9 Å². The molecular weight excluding hydrogens is 390 g/mol. The van der Waals surface area contributed by atoms with Gasteiger partial charge in [0, 0.05) is 24.7 Å². The van der Waals surface area contributed by atoms with E-state index in [0.29, 0.717) is 12.2 Å². The van der Waals surface area contributed by atoms with E-state index in [0.717, 1.165) is 49.4 Å². The van der Waals surface area contributed by atoms with Gasteiger partial charge in [0.2, 0.25) is 5.91 Å². The van der Waals surface area contributed by atoms with Crippen molar-refractivity contribution >= 4 is 11.8 Å². The van der Waals surface area contributed by atoms with Crippen molar-refractivity contribution in [1.29, 1.82) is 0 Å². The molecule has 166 valence electrons. The molecule has 2 aromatic rings. The van der Waals surface area contributed by atoms with Gasteiger partial charge in [-0.05, 0) is 38.3 Å². The Kier molecular flexibility index (Phi) is 5.88. The van der Waals surface area contributed by atoms with Crippen LogP contribution in [0.4, 0.5) is 0 Å². The maximum Gasteiger partial charge on any atom is 0.272 e. The van der Waals surface area contributed by atoms with Gasteiger partial charge in [-0.25, -0.2) is 4.98 Å². The van der Waals surface area contributed by atoms with Crippen LogP contribution in [0, 0.1) is 5.41 Å². The number of carbonyl (C=O) groups is 2.